The summed E-state index contributed by atoms with van der Waals surface area (Å²) in [7, 11) is 1.25. The highest BCUT2D eigenvalue weighted by Gasteiger charge is 2.23. The second-order valence-electron chi connectivity index (χ2n) is 7.45. The number of benzene rings is 1. The number of carbonyl (C=O) groups is 2. The predicted molar refractivity (Wildman–Crippen MR) is 121 cm³/mol. The average molecular weight is 463 g/mol. The SMILES string of the molecule is Cn1c(=O)c(C(=O)COC(=O)c2ccc(Cn3cccn3)o2)c(N)n(Cc2ccccc2)c1=O. The van der Waals surface area contributed by atoms with E-state index in [2.05, 4.69) is 5.10 Å². The fourth-order valence-corrected chi connectivity index (χ4v) is 3.36. The van der Waals surface area contributed by atoms with Gasteiger partial charge in [-0.25, -0.2) is 9.59 Å². The van der Waals surface area contributed by atoms with E-state index in [4.69, 9.17) is 14.9 Å². The summed E-state index contributed by atoms with van der Waals surface area (Å²) in [6.07, 6.45) is 3.35. The van der Waals surface area contributed by atoms with Crippen LogP contribution in [-0.4, -0.2) is 37.3 Å². The molecule has 0 aliphatic heterocycles. The minimum atomic E-state index is -0.881. The molecule has 0 aliphatic carbocycles. The fourth-order valence-electron chi connectivity index (χ4n) is 3.36. The third kappa shape index (κ3) is 4.58. The molecular weight excluding hydrogens is 442 g/mol. The van der Waals surface area contributed by atoms with Crippen molar-refractivity contribution in [2.45, 2.75) is 13.1 Å². The summed E-state index contributed by atoms with van der Waals surface area (Å²) < 4.78 is 14.0. The lowest BCUT2D eigenvalue weighted by atomic mass is 10.2. The lowest BCUT2D eigenvalue weighted by Gasteiger charge is -2.14. The maximum Gasteiger partial charge on any atom is 0.374 e. The zero-order valence-electron chi connectivity index (χ0n) is 18.2. The largest absolute Gasteiger partial charge is 0.452 e. The minimum Gasteiger partial charge on any atom is -0.452 e. The third-order valence-electron chi connectivity index (χ3n) is 5.12. The van der Waals surface area contributed by atoms with Gasteiger partial charge in [-0.15, -0.1) is 0 Å². The number of anilines is 1. The van der Waals surface area contributed by atoms with Gasteiger partial charge in [-0.05, 0) is 23.8 Å². The summed E-state index contributed by atoms with van der Waals surface area (Å²) in [5.74, 6) is -1.65. The first kappa shape index (κ1) is 22.5. The third-order valence-corrected chi connectivity index (χ3v) is 5.12. The number of nitrogens with zero attached hydrogens (tertiary/aromatic N) is 4. The van der Waals surface area contributed by atoms with Crippen molar-refractivity contribution >= 4 is 17.6 Å². The molecule has 1 aromatic carbocycles. The van der Waals surface area contributed by atoms with Gasteiger partial charge < -0.3 is 14.9 Å². The molecule has 0 saturated heterocycles. The van der Waals surface area contributed by atoms with E-state index in [1.165, 1.54) is 13.1 Å². The van der Waals surface area contributed by atoms with Crippen LogP contribution in [0.3, 0.4) is 0 Å². The van der Waals surface area contributed by atoms with Gasteiger partial charge in [-0.3, -0.25) is 23.4 Å². The topological polar surface area (TPSA) is 144 Å². The number of rotatable bonds is 8. The smallest absolute Gasteiger partial charge is 0.374 e. The van der Waals surface area contributed by atoms with E-state index < -0.39 is 35.2 Å². The van der Waals surface area contributed by atoms with Gasteiger partial charge in [0.15, 0.2) is 6.61 Å². The van der Waals surface area contributed by atoms with E-state index in [9.17, 15) is 19.2 Å². The average Bonchev–Trinajstić information content (AvgIpc) is 3.52. The number of carbonyl (C=O) groups excluding carboxylic acids is 2. The molecule has 0 amide bonds. The second-order valence-corrected chi connectivity index (χ2v) is 7.45. The Bertz CT molecular complexity index is 1450. The van der Waals surface area contributed by atoms with Gasteiger partial charge in [0.05, 0.1) is 13.1 Å². The zero-order chi connectivity index (χ0) is 24.2. The minimum absolute atomic E-state index is 0.0606. The van der Waals surface area contributed by atoms with Gasteiger partial charge in [-0.1, -0.05) is 30.3 Å². The summed E-state index contributed by atoms with van der Waals surface area (Å²) in [6, 6.07) is 13.7. The van der Waals surface area contributed by atoms with Crippen molar-refractivity contribution in [3.63, 3.8) is 0 Å². The Morgan fingerprint density at radius 1 is 1.06 bits per heavy atom. The summed E-state index contributed by atoms with van der Waals surface area (Å²) in [4.78, 5) is 50.3. The first-order valence-corrected chi connectivity index (χ1v) is 10.2. The molecule has 0 bridgehead atoms. The van der Waals surface area contributed by atoms with E-state index in [1.54, 1.807) is 53.5 Å². The highest BCUT2D eigenvalue weighted by molar-refractivity contribution is 6.02. The molecule has 2 N–H and O–H groups in total. The number of ether oxygens (including phenoxy) is 1. The number of ketones is 1. The van der Waals surface area contributed by atoms with Crippen molar-refractivity contribution in [2.24, 2.45) is 7.05 Å². The van der Waals surface area contributed by atoms with Crippen molar-refractivity contribution in [3.05, 3.63) is 104 Å². The van der Waals surface area contributed by atoms with Crippen molar-refractivity contribution in [1.29, 1.82) is 0 Å². The van der Waals surface area contributed by atoms with Crippen LogP contribution in [0.5, 0.6) is 0 Å². The molecule has 4 rings (SSSR count). The lowest BCUT2D eigenvalue weighted by Crippen LogP contribution is -2.43. The highest BCUT2D eigenvalue weighted by Crippen LogP contribution is 2.13. The van der Waals surface area contributed by atoms with E-state index in [0.717, 1.165) is 14.7 Å². The van der Waals surface area contributed by atoms with Gasteiger partial charge in [0.1, 0.15) is 17.1 Å². The summed E-state index contributed by atoms with van der Waals surface area (Å²) in [5, 5.41) is 4.05. The van der Waals surface area contributed by atoms with Crippen molar-refractivity contribution in [3.8, 4) is 0 Å². The van der Waals surface area contributed by atoms with Crippen LogP contribution in [0.15, 0.2) is 74.9 Å². The van der Waals surface area contributed by atoms with Crippen LogP contribution in [0.25, 0.3) is 0 Å². The monoisotopic (exact) mass is 463 g/mol. The number of hydrogen-bond donors (Lipinski definition) is 1. The number of furan rings is 1. The van der Waals surface area contributed by atoms with Crippen LogP contribution in [0.1, 0.15) is 32.2 Å². The second kappa shape index (κ2) is 9.45. The maximum absolute atomic E-state index is 12.8. The van der Waals surface area contributed by atoms with Gasteiger partial charge in [0.2, 0.25) is 11.5 Å². The fraction of sp³-hybridized carbons (Fsp3) is 0.174. The van der Waals surface area contributed by atoms with Crippen LogP contribution < -0.4 is 17.0 Å². The van der Waals surface area contributed by atoms with Gasteiger partial charge >= 0.3 is 11.7 Å². The molecule has 0 saturated carbocycles. The van der Waals surface area contributed by atoms with Crippen LogP contribution >= 0.6 is 0 Å². The first-order valence-electron chi connectivity index (χ1n) is 10.2. The molecule has 0 spiro atoms. The van der Waals surface area contributed by atoms with Crippen LogP contribution in [0.2, 0.25) is 0 Å². The Hall–Kier alpha value is -4.67. The summed E-state index contributed by atoms with van der Waals surface area (Å²) >= 11 is 0. The molecule has 11 nitrogen and oxygen atoms in total. The normalized spacial score (nSPS) is 10.9. The van der Waals surface area contributed by atoms with Crippen molar-refractivity contribution in [1.82, 2.24) is 18.9 Å². The van der Waals surface area contributed by atoms with Crippen molar-refractivity contribution < 1.29 is 18.7 Å². The predicted octanol–water partition coefficient (Wildman–Crippen LogP) is 1.05. The van der Waals surface area contributed by atoms with Crippen LogP contribution in [0, 0.1) is 0 Å². The van der Waals surface area contributed by atoms with E-state index >= 15 is 0 Å². The van der Waals surface area contributed by atoms with Crippen LogP contribution in [-0.2, 0) is 24.9 Å². The van der Waals surface area contributed by atoms with Crippen molar-refractivity contribution in [2.75, 3.05) is 12.3 Å². The number of nitrogens with two attached hydrogens (primary N) is 1. The Labute approximate surface area is 192 Å². The van der Waals surface area contributed by atoms with Crippen LogP contribution in [0.4, 0.5) is 5.82 Å². The van der Waals surface area contributed by atoms with E-state index in [-0.39, 0.29) is 18.1 Å². The molecule has 0 atom stereocenters. The Morgan fingerprint density at radius 2 is 1.82 bits per heavy atom. The molecule has 174 valence electrons. The van der Waals surface area contributed by atoms with Gasteiger partial charge in [0, 0.05) is 19.4 Å². The molecule has 0 fully saturated rings. The lowest BCUT2D eigenvalue weighted by molar-refractivity contribution is 0.0441. The highest BCUT2D eigenvalue weighted by atomic mass is 16.5. The molecular formula is C23H21N5O6. The number of hydrogen-bond acceptors (Lipinski definition) is 8. The Morgan fingerprint density at radius 3 is 2.53 bits per heavy atom. The number of Topliss-reactive ketones (excluding diaryl/α,β-unsaturated/α-hetero) is 1. The maximum atomic E-state index is 12.8. The van der Waals surface area contributed by atoms with Gasteiger partial charge in [0.25, 0.3) is 5.56 Å². The first-order chi connectivity index (χ1) is 16.3. The Balaban J connectivity index is 1.50. The number of esters is 1. The zero-order valence-corrected chi connectivity index (χ0v) is 18.2. The standard InChI is InChI=1S/C23H21N5O6/c1-26-21(30)19(20(24)28(23(26)32)12-15-6-3-2-4-7-15)17(29)14-33-22(31)18-9-8-16(34-18)13-27-11-5-10-25-27/h2-11H,12-14,24H2,1H3. The Kier molecular flexibility index (Phi) is 6.26. The molecule has 11 heteroatoms. The molecule has 34 heavy (non-hydrogen) atoms. The number of nitrogen functional groups attached to an aromatic ring is 1. The summed E-state index contributed by atoms with van der Waals surface area (Å²) in [6.45, 7) is -0.378. The molecule has 0 unspecified atom stereocenters. The molecule has 3 heterocycles. The quantitative estimate of drug-likeness (QED) is 0.302. The number of aromatic nitrogens is 4. The van der Waals surface area contributed by atoms with Gasteiger partial charge in [-0.2, -0.15) is 5.10 Å². The molecule has 4 aromatic rings. The molecule has 0 radical (unpaired) electrons. The summed E-state index contributed by atoms with van der Waals surface area (Å²) in [5.41, 5.74) is 4.84. The molecule has 3 aromatic heterocycles. The molecule has 0 aliphatic rings. The van der Waals surface area contributed by atoms with E-state index in [1.807, 2.05) is 6.07 Å². The van der Waals surface area contributed by atoms with E-state index in [0.29, 0.717) is 12.3 Å².